The van der Waals surface area contributed by atoms with Crippen molar-refractivity contribution in [2.75, 3.05) is 0 Å². The summed E-state index contributed by atoms with van der Waals surface area (Å²) in [5.74, 6) is 5.28. The van der Waals surface area contributed by atoms with Gasteiger partial charge in [-0.15, -0.1) is 11.3 Å². The van der Waals surface area contributed by atoms with Gasteiger partial charge in [0, 0.05) is 23.8 Å². The molecule has 0 fully saturated rings. The lowest BCUT2D eigenvalue weighted by molar-refractivity contribution is -0.523. The van der Waals surface area contributed by atoms with Crippen molar-refractivity contribution in [1.82, 2.24) is 4.98 Å². The molecule has 1 aromatic heterocycles. The van der Waals surface area contributed by atoms with E-state index in [1.54, 1.807) is 13.0 Å². The van der Waals surface area contributed by atoms with Gasteiger partial charge < -0.3 is 4.74 Å². The van der Waals surface area contributed by atoms with Crippen LogP contribution in [0, 0.1) is 22.0 Å². The fourth-order valence-corrected chi connectivity index (χ4v) is 3.57. The number of aromatic nitrogens is 1. The van der Waals surface area contributed by atoms with Gasteiger partial charge in [-0.05, 0) is 37.0 Å². The number of nitro groups is 1. The zero-order chi connectivity index (χ0) is 19.2. The zero-order valence-electron chi connectivity index (χ0n) is 14.8. The SMILES string of the molecule is C[C@H](C#Cc1nc2ccccc2s1)OC(=O)/C=C/C1=CCCC([N+](=O)[O-])C1. The van der Waals surface area contributed by atoms with Crippen LogP contribution in [0.4, 0.5) is 0 Å². The first kappa shape index (κ1) is 18.8. The van der Waals surface area contributed by atoms with Gasteiger partial charge in [0.25, 0.3) is 0 Å². The van der Waals surface area contributed by atoms with E-state index in [0.717, 1.165) is 15.8 Å². The Morgan fingerprint density at radius 1 is 1.48 bits per heavy atom. The second kappa shape index (κ2) is 8.60. The number of fused-ring (bicyclic) bond motifs is 1. The molecule has 0 bridgehead atoms. The summed E-state index contributed by atoms with van der Waals surface area (Å²) in [4.78, 5) is 26.9. The maximum absolute atomic E-state index is 11.9. The van der Waals surface area contributed by atoms with E-state index >= 15 is 0 Å². The summed E-state index contributed by atoms with van der Waals surface area (Å²) < 4.78 is 6.29. The van der Waals surface area contributed by atoms with E-state index in [-0.39, 0.29) is 4.92 Å². The monoisotopic (exact) mass is 382 g/mol. The summed E-state index contributed by atoms with van der Waals surface area (Å²) in [6.07, 6.45) is 5.73. The second-order valence-electron chi connectivity index (χ2n) is 6.17. The van der Waals surface area contributed by atoms with Crippen molar-refractivity contribution in [1.29, 1.82) is 0 Å². The Kier molecular flexibility index (Phi) is 5.99. The molecule has 7 heteroatoms. The molecule has 1 heterocycles. The Labute approximate surface area is 160 Å². The first-order chi connectivity index (χ1) is 13.0. The zero-order valence-corrected chi connectivity index (χ0v) is 15.6. The Hall–Kier alpha value is -2.98. The molecule has 1 aliphatic rings. The molecule has 1 unspecified atom stereocenters. The van der Waals surface area contributed by atoms with E-state index in [1.165, 1.54) is 17.4 Å². The molecule has 0 saturated heterocycles. The predicted molar refractivity (Wildman–Crippen MR) is 104 cm³/mol. The molecule has 0 aliphatic heterocycles. The molecule has 2 atom stereocenters. The Morgan fingerprint density at radius 2 is 2.30 bits per heavy atom. The molecular weight excluding hydrogens is 364 g/mol. The number of allylic oxidation sites excluding steroid dienone is 2. The quantitative estimate of drug-likeness (QED) is 0.263. The minimum atomic E-state index is -0.582. The summed E-state index contributed by atoms with van der Waals surface area (Å²) in [5.41, 5.74) is 1.68. The molecule has 0 saturated carbocycles. The molecule has 0 spiro atoms. The molecule has 3 rings (SSSR count). The van der Waals surface area contributed by atoms with Crippen molar-refractivity contribution in [3.63, 3.8) is 0 Å². The van der Waals surface area contributed by atoms with Crippen LogP contribution in [-0.2, 0) is 9.53 Å². The average molecular weight is 382 g/mol. The second-order valence-corrected chi connectivity index (χ2v) is 7.20. The number of nitrogens with zero attached hydrogens (tertiary/aromatic N) is 2. The summed E-state index contributed by atoms with van der Waals surface area (Å²) >= 11 is 1.49. The summed E-state index contributed by atoms with van der Waals surface area (Å²) in [7, 11) is 0. The highest BCUT2D eigenvalue weighted by Gasteiger charge is 2.23. The van der Waals surface area contributed by atoms with Crippen molar-refractivity contribution in [2.24, 2.45) is 0 Å². The lowest BCUT2D eigenvalue weighted by atomic mass is 9.95. The molecule has 27 heavy (non-hydrogen) atoms. The molecule has 1 aromatic carbocycles. The number of hydrogen-bond donors (Lipinski definition) is 0. The van der Waals surface area contributed by atoms with Gasteiger partial charge in [-0.3, -0.25) is 10.1 Å². The molecule has 1 aliphatic carbocycles. The van der Waals surface area contributed by atoms with Gasteiger partial charge in [-0.1, -0.05) is 30.2 Å². The van der Waals surface area contributed by atoms with Crippen LogP contribution in [0.2, 0.25) is 0 Å². The molecule has 0 amide bonds. The number of rotatable bonds is 4. The number of thiazole rings is 1. The molecule has 138 valence electrons. The van der Waals surface area contributed by atoms with Crippen LogP contribution in [0.25, 0.3) is 10.2 Å². The molecule has 0 radical (unpaired) electrons. The maximum Gasteiger partial charge on any atom is 0.331 e. The van der Waals surface area contributed by atoms with E-state index in [2.05, 4.69) is 16.8 Å². The smallest absolute Gasteiger partial charge is 0.331 e. The molecule has 6 nitrogen and oxygen atoms in total. The Bertz CT molecular complexity index is 948. The number of hydrogen-bond acceptors (Lipinski definition) is 6. The lowest BCUT2D eigenvalue weighted by Crippen LogP contribution is -2.22. The standard InChI is InChI=1S/C20H18N2O4S/c1-14(9-11-19-21-17-7-2-3-8-18(17)27-19)26-20(23)12-10-15-5-4-6-16(13-15)22(24)25/h2-3,5,7-8,10,12,14,16H,4,6,13H2,1H3/b12-10+/t14-,16?/m1/s1. The van der Waals surface area contributed by atoms with Crippen LogP contribution in [0.3, 0.4) is 0 Å². The van der Waals surface area contributed by atoms with E-state index < -0.39 is 18.1 Å². The van der Waals surface area contributed by atoms with Gasteiger partial charge in [0.2, 0.25) is 6.04 Å². The fourth-order valence-electron chi connectivity index (χ4n) is 2.74. The Balaban J connectivity index is 1.55. The van der Waals surface area contributed by atoms with Crippen LogP contribution in [-0.4, -0.2) is 28.0 Å². The highest BCUT2D eigenvalue weighted by Crippen LogP contribution is 2.22. The third-order valence-corrected chi connectivity index (χ3v) is 5.03. The van der Waals surface area contributed by atoms with Gasteiger partial charge in [0.15, 0.2) is 11.1 Å². The van der Waals surface area contributed by atoms with Crippen molar-refractivity contribution in [3.05, 3.63) is 63.2 Å². The van der Waals surface area contributed by atoms with Crippen LogP contribution in [0.15, 0.2) is 48.1 Å². The van der Waals surface area contributed by atoms with Gasteiger partial charge in [-0.25, -0.2) is 9.78 Å². The average Bonchev–Trinajstić information content (AvgIpc) is 3.08. The van der Waals surface area contributed by atoms with Gasteiger partial charge in [0.05, 0.1) is 10.2 Å². The van der Waals surface area contributed by atoms with Crippen LogP contribution >= 0.6 is 11.3 Å². The van der Waals surface area contributed by atoms with E-state index in [9.17, 15) is 14.9 Å². The topological polar surface area (TPSA) is 82.3 Å². The van der Waals surface area contributed by atoms with E-state index in [1.807, 2.05) is 30.3 Å². The van der Waals surface area contributed by atoms with Crippen molar-refractivity contribution in [2.45, 2.75) is 38.3 Å². The fraction of sp³-hybridized carbons (Fsp3) is 0.300. The van der Waals surface area contributed by atoms with Gasteiger partial charge in [-0.2, -0.15) is 0 Å². The highest BCUT2D eigenvalue weighted by molar-refractivity contribution is 7.19. The van der Waals surface area contributed by atoms with Crippen molar-refractivity contribution >= 4 is 27.5 Å². The lowest BCUT2D eigenvalue weighted by Gasteiger charge is -2.14. The van der Waals surface area contributed by atoms with Gasteiger partial charge in [0.1, 0.15) is 0 Å². The third-order valence-electron chi connectivity index (χ3n) is 4.08. The summed E-state index contributed by atoms with van der Waals surface area (Å²) in [6, 6.07) is 7.20. The van der Waals surface area contributed by atoms with Gasteiger partial charge >= 0.3 is 5.97 Å². The number of esters is 1. The largest absolute Gasteiger partial charge is 0.446 e. The highest BCUT2D eigenvalue weighted by atomic mass is 32.1. The van der Waals surface area contributed by atoms with E-state index in [4.69, 9.17) is 4.74 Å². The minimum absolute atomic E-state index is 0.265. The van der Waals surface area contributed by atoms with Crippen molar-refractivity contribution in [3.8, 4) is 11.8 Å². The summed E-state index contributed by atoms with van der Waals surface area (Å²) in [5, 5.41) is 11.5. The number of para-hydroxylation sites is 1. The number of carbonyl (C=O) groups is 1. The van der Waals surface area contributed by atoms with Crippen molar-refractivity contribution < 1.29 is 14.5 Å². The first-order valence-electron chi connectivity index (χ1n) is 8.59. The predicted octanol–water partition coefficient (Wildman–Crippen LogP) is 3.89. The number of carbonyl (C=O) groups excluding carboxylic acids is 1. The van der Waals surface area contributed by atoms with E-state index in [0.29, 0.717) is 24.3 Å². The van der Waals surface area contributed by atoms with Crippen LogP contribution < -0.4 is 0 Å². The maximum atomic E-state index is 11.9. The van der Waals surface area contributed by atoms with Crippen LogP contribution in [0.5, 0.6) is 0 Å². The normalized spacial score (nSPS) is 17.8. The molecule has 0 N–H and O–H groups in total. The third kappa shape index (κ3) is 5.25. The number of ether oxygens (including phenoxy) is 1. The number of benzene rings is 1. The minimum Gasteiger partial charge on any atom is -0.446 e. The molecular formula is C20H18N2O4S. The van der Waals surface area contributed by atoms with Crippen LogP contribution in [0.1, 0.15) is 31.2 Å². The molecule has 2 aromatic rings. The summed E-state index contributed by atoms with van der Waals surface area (Å²) in [6.45, 7) is 1.69. The first-order valence-corrected chi connectivity index (χ1v) is 9.41. The Morgan fingerprint density at radius 3 is 3.07 bits per heavy atom.